The molecule has 2 nitrogen and oxygen atoms in total. The maximum Gasteiger partial charge on any atom is 0.0872 e. The van der Waals surface area contributed by atoms with Crippen molar-refractivity contribution in [1.82, 2.24) is 0 Å². The number of hydrogen-bond donors (Lipinski definition) is 2. The second kappa shape index (κ2) is 4.80. The monoisotopic (exact) mass is 177 g/mol. The first kappa shape index (κ1) is 9.96. The molecule has 13 heavy (non-hydrogen) atoms. The Morgan fingerprint density at radius 2 is 1.92 bits per heavy atom. The van der Waals surface area contributed by atoms with Crippen molar-refractivity contribution in [2.75, 3.05) is 0 Å². The number of nitrogens with two attached hydrogens (primary N) is 1. The molecular weight excluding hydrogens is 162 g/mol. The molecule has 3 N–H and O–H groups in total. The highest BCUT2D eigenvalue weighted by molar-refractivity contribution is 5.49. The van der Waals surface area contributed by atoms with E-state index in [-0.39, 0.29) is 6.04 Å². The van der Waals surface area contributed by atoms with E-state index >= 15 is 0 Å². The maximum atomic E-state index is 9.38. The molecule has 2 atom stereocenters. The largest absolute Gasteiger partial charge is 0.387 e. The lowest BCUT2D eigenvalue weighted by Gasteiger charge is -2.08. The fourth-order valence-corrected chi connectivity index (χ4v) is 0.949. The molecule has 0 bridgehead atoms. The standard InChI is InChI=1S/C11H15NO/c1-9(12)11(13)8-7-10-5-3-2-4-6-10/h2-9,11,13H,12H2,1H3/t9-,11+/m1/s1. The van der Waals surface area contributed by atoms with E-state index in [1.807, 2.05) is 36.4 Å². The van der Waals surface area contributed by atoms with Gasteiger partial charge in [-0.1, -0.05) is 42.5 Å². The minimum Gasteiger partial charge on any atom is -0.387 e. The minimum atomic E-state index is -0.569. The second-order valence-corrected chi connectivity index (χ2v) is 3.12. The number of aliphatic hydroxyl groups excluding tert-OH is 1. The Kier molecular flexibility index (Phi) is 3.68. The summed E-state index contributed by atoms with van der Waals surface area (Å²) in [7, 11) is 0. The van der Waals surface area contributed by atoms with Crippen LogP contribution in [0.4, 0.5) is 0 Å². The summed E-state index contributed by atoms with van der Waals surface area (Å²) in [6.07, 6.45) is 3.01. The van der Waals surface area contributed by atoms with Crippen LogP contribution in [0.3, 0.4) is 0 Å². The van der Waals surface area contributed by atoms with Gasteiger partial charge in [-0.15, -0.1) is 0 Å². The minimum absolute atomic E-state index is 0.222. The molecule has 1 aromatic carbocycles. The van der Waals surface area contributed by atoms with Crippen LogP contribution >= 0.6 is 0 Å². The van der Waals surface area contributed by atoms with E-state index in [2.05, 4.69) is 0 Å². The van der Waals surface area contributed by atoms with Crippen LogP contribution < -0.4 is 5.73 Å². The van der Waals surface area contributed by atoms with Crippen molar-refractivity contribution in [3.05, 3.63) is 42.0 Å². The Bertz CT molecular complexity index is 267. The molecule has 0 aliphatic carbocycles. The fourth-order valence-electron chi connectivity index (χ4n) is 0.949. The summed E-state index contributed by atoms with van der Waals surface area (Å²) in [5.41, 5.74) is 6.57. The summed E-state index contributed by atoms with van der Waals surface area (Å²) in [5.74, 6) is 0. The molecule has 0 spiro atoms. The molecule has 0 fully saturated rings. The number of rotatable bonds is 3. The quantitative estimate of drug-likeness (QED) is 0.733. The lowest BCUT2D eigenvalue weighted by molar-refractivity contribution is 0.199. The normalized spacial score (nSPS) is 15.9. The van der Waals surface area contributed by atoms with Crippen molar-refractivity contribution >= 4 is 6.08 Å². The Morgan fingerprint density at radius 3 is 2.46 bits per heavy atom. The third-order valence-electron chi connectivity index (χ3n) is 1.82. The molecule has 0 amide bonds. The summed E-state index contributed by atoms with van der Waals surface area (Å²) < 4.78 is 0. The molecule has 1 rings (SSSR count). The fraction of sp³-hybridized carbons (Fsp3) is 0.273. The van der Waals surface area contributed by atoms with Gasteiger partial charge in [0.1, 0.15) is 0 Å². The summed E-state index contributed by atoms with van der Waals surface area (Å²) in [6.45, 7) is 1.78. The van der Waals surface area contributed by atoms with Gasteiger partial charge in [0, 0.05) is 6.04 Å². The Morgan fingerprint density at radius 1 is 1.31 bits per heavy atom. The molecule has 0 radical (unpaired) electrons. The van der Waals surface area contributed by atoms with E-state index < -0.39 is 6.10 Å². The smallest absolute Gasteiger partial charge is 0.0872 e. The number of aliphatic hydroxyl groups is 1. The van der Waals surface area contributed by atoms with Crippen molar-refractivity contribution in [3.63, 3.8) is 0 Å². The van der Waals surface area contributed by atoms with Crippen LogP contribution in [0.1, 0.15) is 12.5 Å². The average molecular weight is 177 g/mol. The van der Waals surface area contributed by atoms with Gasteiger partial charge in [-0.3, -0.25) is 0 Å². The van der Waals surface area contributed by atoms with Gasteiger partial charge in [-0.05, 0) is 12.5 Å². The first-order valence-electron chi connectivity index (χ1n) is 4.37. The summed E-state index contributed by atoms with van der Waals surface area (Å²) in [6, 6.07) is 9.60. The second-order valence-electron chi connectivity index (χ2n) is 3.12. The molecule has 0 heterocycles. The van der Waals surface area contributed by atoms with Crippen LogP contribution in [0.2, 0.25) is 0 Å². The van der Waals surface area contributed by atoms with Crippen molar-refractivity contribution in [1.29, 1.82) is 0 Å². The van der Waals surface area contributed by atoms with Crippen LogP contribution in [-0.2, 0) is 0 Å². The summed E-state index contributed by atoms with van der Waals surface area (Å²) in [5, 5.41) is 9.38. The molecule has 1 aromatic rings. The Hall–Kier alpha value is -1.12. The Labute approximate surface area is 78.7 Å². The summed E-state index contributed by atoms with van der Waals surface area (Å²) in [4.78, 5) is 0. The van der Waals surface area contributed by atoms with Crippen molar-refractivity contribution < 1.29 is 5.11 Å². The molecule has 0 aromatic heterocycles. The van der Waals surface area contributed by atoms with Gasteiger partial charge in [-0.2, -0.15) is 0 Å². The van der Waals surface area contributed by atoms with E-state index in [1.54, 1.807) is 13.0 Å². The van der Waals surface area contributed by atoms with Crippen LogP contribution in [0.25, 0.3) is 6.08 Å². The molecule has 2 heteroatoms. The highest BCUT2D eigenvalue weighted by Crippen LogP contribution is 2.02. The number of benzene rings is 1. The van der Waals surface area contributed by atoms with E-state index in [9.17, 15) is 5.11 Å². The lowest BCUT2D eigenvalue weighted by atomic mass is 10.1. The van der Waals surface area contributed by atoms with E-state index in [4.69, 9.17) is 5.73 Å². The first-order chi connectivity index (χ1) is 6.20. The van der Waals surface area contributed by atoms with Gasteiger partial charge in [0.15, 0.2) is 0 Å². The van der Waals surface area contributed by atoms with Gasteiger partial charge >= 0.3 is 0 Å². The van der Waals surface area contributed by atoms with E-state index in [0.717, 1.165) is 5.56 Å². The van der Waals surface area contributed by atoms with Gasteiger partial charge in [0.25, 0.3) is 0 Å². The van der Waals surface area contributed by atoms with Gasteiger partial charge in [0.2, 0.25) is 0 Å². The molecule has 0 saturated carbocycles. The van der Waals surface area contributed by atoms with E-state index in [0.29, 0.717) is 0 Å². The van der Waals surface area contributed by atoms with Crippen LogP contribution in [-0.4, -0.2) is 17.3 Å². The van der Waals surface area contributed by atoms with Gasteiger partial charge < -0.3 is 10.8 Å². The van der Waals surface area contributed by atoms with Crippen LogP contribution in [0.15, 0.2) is 36.4 Å². The molecule has 0 aliphatic heterocycles. The predicted octanol–water partition coefficient (Wildman–Crippen LogP) is 1.41. The average Bonchev–Trinajstić information content (AvgIpc) is 2.15. The predicted molar refractivity (Wildman–Crippen MR) is 55.1 cm³/mol. The highest BCUT2D eigenvalue weighted by atomic mass is 16.3. The SMILES string of the molecule is C[C@@H](N)[C@@H](O)C=Cc1ccccc1. The zero-order valence-corrected chi connectivity index (χ0v) is 7.72. The topological polar surface area (TPSA) is 46.2 Å². The van der Waals surface area contributed by atoms with Crippen LogP contribution in [0, 0.1) is 0 Å². The lowest BCUT2D eigenvalue weighted by Crippen LogP contribution is -2.29. The zero-order valence-electron chi connectivity index (χ0n) is 7.72. The molecule has 0 unspecified atom stereocenters. The van der Waals surface area contributed by atoms with Gasteiger partial charge in [-0.25, -0.2) is 0 Å². The van der Waals surface area contributed by atoms with Crippen molar-refractivity contribution in [2.45, 2.75) is 19.1 Å². The highest BCUT2D eigenvalue weighted by Gasteiger charge is 2.03. The van der Waals surface area contributed by atoms with E-state index in [1.165, 1.54) is 0 Å². The molecule has 0 aliphatic rings. The maximum absolute atomic E-state index is 9.38. The molecule has 70 valence electrons. The number of hydrogen-bond acceptors (Lipinski definition) is 2. The van der Waals surface area contributed by atoms with Crippen LogP contribution in [0.5, 0.6) is 0 Å². The summed E-state index contributed by atoms with van der Waals surface area (Å²) >= 11 is 0. The zero-order chi connectivity index (χ0) is 9.68. The third-order valence-corrected chi connectivity index (χ3v) is 1.82. The molecular formula is C11H15NO. The Balaban J connectivity index is 2.59. The van der Waals surface area contributed by atoms with Crippen molar-refractivity contribution in [2.24, 2.45) is 5.73 Å². The van der Waals surface area contributed by atoms with Gasteiger partial charge in [0.05, 0.1) is 6.10 Å². The first-order valence-corrected chi connectivity index (χ1v) is 4.37. The third kappa shape index (κ3) is 3.40. The van der Waals surface area contributed by atoms with Crippen molar-refractivity contribution in [3.8, 4) is 0 Å². The molecule has 0 saturated heterocycles.